The molecule has 1 aromatic carbocycles. The molecule has 2 heterocycles. The average Bonchev–Trinajstić information content (AvgIpc) is 3.15. The number of carbonyl (C=O) groups is 1. The Hall–Kier alpha value is -2.19. The first-order valence-electron chi connectivity index (χ1n) is 10.0. The number of nitrogens with zero attached hydrogens (tertiary/aromatic N) is 3. The summed E-state index contributed by atoms with van der Waals surface area (Å²) in [6.07, 6.45) is 1.53. The van der Waals surface area contributed by atoms with Gasteiger partial charge in [0.15, 0.2) is 9.84 Å². The normalized spacial score (nSPS) is 18.3. The van der Waals surface area contributed by atoms with Crippen LogP contribution in [0.3, 0.4) is 0 Å². The Morgan fingerprint density at radius 2 is 2.10 bits per heavy atom. The van der Waals surface area contributed by atoms with Gasteiger partial charge in [0.25, 0.3) is 0 Å². The van der Waals surface area contributed by atoms with Crippen molar-refractivity contribution in [2.75, 3.05) is 30.4 Å². The highest BCUT2D eigenvalue weighted by Crippen LogP contribution is 2.27. The van der Waals surface area contributed by atoms with Gasteiger partial charge >= 0.3 is 0 Å². The number of likely N-dealkylation sites (N-methyl/N-ethyl adjacent to an activating group) is 1. The van der Waals surface area contributed by atoms with Crippen molar-refractivity contribution in [1.82, 2.24) is 14.7 Å². The zero-order valence-electron chi connectivity index (χ0n) is 17.6. The molecule has 0 radical (unpaired) electrons. The molecule has 0 saturated carbocycles. The van der Waals surface area contributed by atoms with Gasteiger partial charge in [0.05, 0.1) is 29.8 Å². The van der Waals surface area contributed by atoms with E-state index in [0.29, 0.717) is 13.0 Å². The molecule has 0 aliphatic carbocycles. The second-order valence-electron chi connectivity index (χ2n) is 7.93. The summed E-state index contributed by atoms with van der Waals surface area (Å²) in [5, 5.41) is 7.56. The van der Waals surface area contributed by atoms with Crippen LogP contribution in [0.2, 0.25) is 0 Å². The quantitative estimate of drug-likeness (QED) is 0.747. The van der Waals surface area contributed by atoms with Crippen LogP contribution in [0.4, 0.5) is 5.69 Å². The van der Waals surface area contributed by atoms with Gasteiger partial charge in [-0.1, -0.05) is 19.1 Å². The molecule has 29 heavy (non-hydrogen) atoms. The average molecular weight is 419 g/mol. The third-order valence-electron chi connectivity index (χ3n) is 5.49. The van der Waals surface area contributed by atoms with Crippen LogP contribution in [-0.4, -0.2) is 54.1 Å². The van der Waals surface area contributed by atoms with E-state index in [1.165, 1.54) is 5.56 Å². The van der Waals surface area contributed by atoms with Crippen LogP contribution in [0, 0.1) is 13.8 Å². The zero-order chi connectivity index (χ0) is 21.2. The second kappa shape index (κ2) is 8.67. The predicted molar refractivity (Wildman–Crippen MR) is 115 cm³/mol. The fraction of sp³-hybridized carbons (Fsp3) is 0.524. The van der Waals surface area contributed by atoms with Crippen LogP contribution in [0.1, 0.15) is 41.9 Å². The number of benzene rings is 1. The number of hydrogen-bond donors (Lipinski definition) is 1. The van der Waals surface area contributed by atoms with Crippen molar-refractivity contribution in [1.29, 1.82) is 0 Å². The number of aromatic nitrogens is 2. The lowest BCUT2D eigenvalue weighted by Gasteiger charge is -2.17. The molecule has 158 valence electrons. The van der Waals surface area contributed by atoms with Crippen LogP contribution in [0.5, 0.6) is 0 Å². The highest BCUT2D eigenvalue weighted by Gasteiger charge is 2.31. The van der Waals surface area contributed by atoms with Crippen molar-refractivity contribution in [3.05, 3.63) is 46.8 Å². The summed E-state index contributed by atoms with van der Waals surface area (Å²) in [5.74, 6) is 0.319. The van der Waals surface area contributed by atoms with E-state index in [1.807, 2.05) is 54.7 Å². The van der Waals surface area contributed by atoms with Gasteiger partial charge in [-0.25, -0.2) is 8.42 Å². The van der Waals surface area contributed by atoms with E-state index in [2.05, 4.69) is 17.3 Å². The highest BCUT2D eigenvalue weighted by molar-refractivity contribution is 7.91. The molecule has 1 amide bonds. The Morgan fingerprint density at radius 3 is 2.76 bits per heavy atom. The number of hydrogen-bond acceptors (Lipinski definition) is 5. The molecule has 1 aromatic heterocycles. The third-order valence-corrected chi connectivity index (χ3v) is 7.24. The Kier molecular flexibility index (Phi) is 6.43. The van der Waals surface area contributed by atoms with Crippen molar-refractivity contribution in [3.8, 4) is 0 Å². The van der Waals surface area contributed by atoms with E-state index in [9.17, 15) is 13.2 Å². The Balaban J connectivity index is 1.63. The fourth-order valence-corrected chi connectivity index (χ4v) is 5.58. The van der Waals surface area contributed by atoms with Gasteiger partial charge in [0.1, 0.15) is 0 Å². The first-order chi connectivity index (χ1) is 13.7. The van der Waals surface area contributed by atoms with E-state index in [4.69, 9.17) is 0 Å². The smallest absolute Gasteiger partial charge is 0.238 e. The van der Waals surface area contributed by atoms with Crippen LogP contribution in [-0.2, 0) is 27.6 Å². The zero-order valence-corrected chi connectivity index (χ0v) is 18.4. The lowest BCUT2D eigenvalue weighted by atomic mass is 10.1. The van der Waals surface area contributed by atoms with Crippen molar-refractivity contribution in [3.63, 3.8) is 0 Å². The van der Waals surface area contributed by atoms with Gasteiger partial charge in [-0.3, -0.25) is 14.4 Å². The topological polar surface area (TPSA) is 84.3 Å². The summed E-state index contributed by atoms with van der Waals surface area (Å²) in [6, 6.07) is 7.78. The molecule has 1 fully saturated rings. The third kappa shape index (κ3) is 5.25. The monoisotopic (exact) mass is 418 g/mol. The minimum Gasteiger partial charge on any atom is -0.325 e. The van der Waals surface area contributed by atoms with Crippen molar-refractivity contribution >= 4 is 21.4 Å². The van der Waals surface area contributed by atoms with E-state index >= 15 is 0 Å². The van der Waals surface area contributed by atoms with E-state index in [-0.39, 0.29) is 30.0 Å². The van der Waals surface area contributed by atoms with Crippen molar-refractivity contribution in [2.24, 2.45) is 0 Å². The van der Waals surface area contributed by atoms with Crippen LogP contribution < -0.4 is 5.32 Å². The van der Waals surface area contributed by atoms with Gasteiger partial charge in [0.2, 0.25) is 5.91 Å². The maximum atomic E-state index is 12.4. The maximum Gasteiger partial charge on any atom is 0.238 e. The van der Waals surface area contributed by atoms with Gasteiger partial charge in [-0.2, -0.15) is 5.10 Å². The lowest BCUT2D eigenvalue weighted by molar-refractivity contribution is -0.117. The first kappa shape index (κ1) is 21.5. The molecule has 2 aromatic rings. The number of rotatable bonds is 7. The van der Waals surface area contributed by atoms with Gasteiger partial charge < -0.3 is 5.32 Å². The van der Waals surface area contributed by atoms with E-state index in [0.717, 1.165) is 29.1 Å². The van der Waals surface area contributed by atoms with Crippen LogP contribution >= 0.6 is 0 Å². The molecular formula is C21H30N4O3S. The predicted octanol–water partition coefficient (Wildman–Crippen LogP) is 2.49. The fourth-order valence-electron chi connectivity index (χ4n) is 3.89. The van der Waals surface area contributed by atoms with Gasteiger partial charge in [-0.05, 0) is 51.4 Å². The lowest BCUT2D eigenvalue weighted by Crippen LogP contribution is -2.30. The van der Waals surface area contributed by atoms with Gasteiger partial charge in [0, 0.05) is 23.5 Å². The molecule has 8 heteroatoms. The number of sulfone groups is 1. The number of nitrogens with one attached hydrogen (secondary N) is 1. The molecule has 1 aliphatic rings. The molecule has 0 unspecified atom stereocenters. The summed E-state index contributed by atoms with van der Waals surface area (Å²) >= 11 is 0. The molecule has 1 N–H and O–H groups in total. The summed E-state index contributed by atoms with van der Waals surface area (Å²) in [6.45, 7) is 6.84. The van der Waals surface area contributed by atoms with E-state index < -0.39 is 9.84 Å². The maximum absolute atomic E-state index is 12.4. The minimum absolute atomic E-state index is 0.0645. The summed E-state index contributed by atoms with van der Waals surface area (Å²) in [4.78, 5) is 14.4. The van der Waals surface area contributed by atoms with Crippen LogP contribution in [0.15, 0.2) is 24.3 Å². The molecule has 0 spiro atoms. The minimum atomic E-state index is -2.96. The highest BCUT2D eigenvalue weighted by atomic mass is 32.2. The first-order valence-corrected chi connectivity index (χ1v) is 11.8. The largest absolute Gasteiger partial charge is 0.325 e. The Labute approximate surface area is 173 Å². The second-order valence-corrected chi connectivity index (χ2v) is 10.2. The number of anilines is 1. The molecule has 0 bridgehead atoms. The van der Waals surface area contributed by atoms with Crippen LogP contribution in [0.25, 0.3) is 0 Å². The molecule has 1 saturated heterocycles. The summed E-state index contributed by atoms with van der Waals surface area (Å²) in [5.41, 5.74) is 4.91. The van der Waals surface area contributed by atoms with Crippen molar-refractivity contribution < 1.29 is 13.2 Å². The molecule has 3 rings (SSSR count). The van der Waals surface area contributed by atoms with E-state index in [1.54, 1.807) is 0 Å². The SMILES string of the molecule is CCc1cccc(NC(=O)CN(C)Cc2c(C)nn([C@@H]3CCS(=O)(=O)C3)c2C)c1. The summed E-state index contributed by atoms with van der Waals surface area (Å²) < 4.78 is 25.5. The summed E-state index contributed by atoms with van der Waals surface area (Å²) in [7, 11) is -1.06. The number of carbonyl (C=O) groups excluding carboxylic acids is 1. The molecule has 1 aliphatic heterocycles. The number of amides is 1. The number of aryl methyl sites for hydroxylation is 2. The standard InChI is InChI=1S/C21H30N4O3S/c1-5-17-7-6-8-18(11-17)22-21(26)13-24(4)12-20-15(2)23-25(16(20)3)19-9-10-29(27,28)14-19/h6-8,11,19H,5,9-10,12-14H2,1-4H3,(H,22,26)/t19-/m1/s1. The Bertz CT molecular complexity index is 997. The van der Waals surface area contributed by atoms with Crippen molar-refractivity contribution in [2.45, 2.75) is 46.2 Å². The van der Waals surface area contributed by atoms with Gasteiger partial charge in [-0.15, -0.1) is 0 Å². The molecule has 7 nitrogen and oxygen atoms in total. The molecular weight excluding hydrogens is 388 g/mol. The Morgan fingerprint density at radius 1 is 1.34 bits per heavy atom. The molecule has 1 atom stereocenters.